The molecule has 0 aliphatic rings. The first-order chi connectivity index (χ1) is 11.4. The molecule has 7 heteroatoms. The highest BCUT2D eigenvalue weighted by Crippen LogP contribution is 2.13. The van der Waals surface area contributed by atoms with E-state index in [4.69, 9.17) is 0 Å². The molecule has 1 aromatic carbocycles. The lowest BCUT2D eigenvalue weighted by Gasteiger charge is -2.15. The van der Waals surface area contributed by atoms with Gasteiger partial charge in [-0.1, -0.05) is 12.1 Å². The minimum Gasteiger partial charge on any atom is -0.345 e. The molecule has 2 rings (SSSR count). The quantitative estimate of drug-likeness (QED) is 0.905. The van der Waals surface area contributed by atoms with Gasteiger partial charge in [0.25, 0.3) is 5.91 Å². The van der Waals surface area contributed by atoms with Crippen molar-refractivity contribution in [2.45, 2.75) is 13.0 Å². The van der Waals surface area contributed by atoms with E-state index < -0.39 is 6.03 Å². The molecular weight excluding hydrogens is 311 g/mol. The van der Waals surface area contributed by atoms with Gasteiger partial charge in [0.2, 0.25) is 0 Å². The van der Waals surface area contributed by atoms with E-state index in [-0.39, 0.29) is 23.6 Å². The van der Waals surface area contributed by atoms with Crippen LogP contribution in [0.3, 0.4) is 0 Å². The van der Waals surface area contributed by atoms with Gasteiger partial charge in [-0.3, -0.25) is 10.1 Å². The van der Waals surface area contributed by atoms with E-state index in [0.29, 0.717) is 5.56 Å². The highest BCUT2D eigenvalue weighted by atomic mass is 19.1. The highest BCUT2D eigenvalue weighted by molar-refractivity contribution is 5.96. The van der Waals surface area contributed by atoms with Crippen molar-refractivity contribution in [2.75, 3.05) is 19.4 Å². The zero-order valence-electron chi connectivity index (χ0n) is 13.7. The number of hydrogen-bond donors (Lipinski definition) is 2. The third kappa shape index (κ3) is 4.52. The summed E-state index contributed by atoms with van der Waals surface area (Å²) >= 11 is 0. The summed E-state index contributed by atoms with van der Waals surface area (Å²) in [5.41, 5.74) is 1.20. The second-order valence-corrected chi connectivity index (χ2v) is 5.50. The summed E-state index contributed by atoms with van der Waals surface area (Å²) in [5, 5.41) is 5.31. The Kier molecular flexibility index (Phi) is 5.47. The molecule has 126 valence electrons. The molecular formula is C17H19FN4O2. The van der Waals surface area contributed by atoms with Crippen molar-refractivity contribution in [3.8, 4) is 0 Å². The Morgan fingerprint density at radius 1 is 1.17 bits per heavy atom. The Balaban J connectivity index is 2.00. The van der Waals surface area contributed by atoms with Crippen LogP contribution in [0.25, 0.3) is 0 Å². The summed E-state index contributed by atoms with van der Waals surface area (Å²) in [6.45, 7) is 1.78. The van der Waals surface area contributed by atoms with Crippen LogP contribution in [0.1, 0.15) is 28.9 Å². The van der Waals surface area contributed by atoms with Crippen molar-refractivity contribution in [2.24, 2.45) is 0 Å². The maximum Gasteiger partial charge on any atom is 0.320 e. The first-order valence-electron chi connectivity index (χ1n) is 7.37. The second-order valence-electron chi connectivity index (χ2n) is 5.50. The Bertz CT molecular complexity index is 732. The third-order valence-electron chi connectivity index (χ3n) is 3.37. The number of urea groups is 1. The number of carbonyl (C=O) groups excluding carboxylic acids is 2. The van der Waals surface area contributed by atoms with E-state index >= 15 is 0 Å². The number of aromatic nitrogens is 1. The number of nitrogens with one attached hydrogen (secondary N) is 2. The van der Waals surface area contributed by atoms with Crippen molar-refractivity contribution in [3.63, 3.8) is 0 Å². The maximum atomic E-state index is 12.9. The van der Waals surface area contributed by atoms with Crippen LogP contribution in [0.15, 0.2) is 42.6 Å². The molecule has 0 radical (unpaired) electrons. The molecule has 0 aliphatic heterocycles. The zero-order valence-corrected chi connectivity index (χ0v) is 13.7. The molecule has 2 aromatic rings. The van der Waals surface area contributed by atoms with E-state index in [1.807, 2.05) is 0 Å². The molecule has 6 nitrogen and oxygen atoms in total. The minimum atomic E-state index is -0.464. The van der Waals surface area contributed by atoms with Crippen LogP contribution < -0.4 is 10.6 Å². The zero-order chi connectivity index (χ0) is 17.7. The van der Waals surface area contributed by atoms with Crippen molar-refractivity contribution >= 4 is 17.8 Å². The Hall–Kier alpha value is -2.96. The number of nitrogens with zero attached hydrogens (tertiary/aromatic N) is 2. The van der Waals surface area contributed by atoms with Gasteiger partial charge in [0.05, 0.1) is 6.04 Å². The Morgan fingerprint density at radius 2 is 1.83 bits per heavy atom. The monoisotopic (exact) mass is 330 g/mol. The summed E-state index contributed by atoms with van der Waals surface area (Å²) in [6, 6.07) is 8.19. The van der Waals surface area contributed by atoms with Crippen LogP contribution in [0.5, 0.6) is 0 Å². The van der Waals surface area contributed by atoms with Crippen molar-refractivity contribution in [1.29, 1.82) is 0 Å². The summed E-state index contributed by atoms with van der Waals surface area (Å²) in [7, 11) is 3.29. The lowest BCUT2D eigenvalue weighted by Crippen LogP contribution is -2.31. The van der Waals surface area contributed by atoms with Gasteiger partial charge >= 0.3 is 6.03 Å². The Morgan fingerprint density at radius 3 is 2.46 bits per heavy atom. The molecule has 0 bridgehead atoms. The normalized spacial score (nSPS) is 11.5. The summed E-state index contributed by atoms with van der Waals surface area (Å²) in [6.07, 6.45) is 1.45. The number of carbonyl (C=O) groups is 2. The van der Waals surface area contributed by atoms with E-state index in [1.165, 1.54) is 29.3 Å². The van der Waals surface area contributed by atoms with Gasteiger partial charge in [-0.2, -0.15) is 0 Å². The SMILES string of the molecule is C[C@@H](NC(=O)Nc1cc(C(=O)N(C)C)ccn1)c1ccc(F)cc1. The number of amides is 3. The van der Waals surface area contributed by atoms with Crippen LogP contribution in [-0.4, -0.2) is 35.9 Å². The minimum absolute atomic E-state index is 0.180. The highest BCUT2D eigenvalue weighted by Gasteiger charge is 2.12. The summed E-state index contributed by atoms with van der Waals surface area (Å²) < 4.78 is 12.9. The molecule has 1 aromatic heterocycles. The molecule has 2 N–H and O–H groups in total. The number of hydrogen-bond acceptors (Lipinski definition) is 3. The van der Waals surface area contributed by atoms with Gasteiger partial charge in [0, 0.05) is 25.9 Å². The number of rotatable bonds is 4. The van der Waals surface area contributed by atoms with Crippen molar-refractivity contribution < 1.29 is 14.0 Å². The van der Waals surface area contributed by atoms with Crippen LogP contribution in [0.2, 0.25) is 0 Å². The van der Waals surface area contributed by atoms with Crippen molar-refractivity contribution in [1.82, 2.24) is 15.2 Å². The predicted molar refractivity (Wildman–Crippen MR) is 89.2 cm³/mol. The fraction of sp³-hybridized carbons (Fsp3) is 0.235. The molecule has 24 heavy (non-hydrogen) atoms. The fourth-order valence-electron chi connectivity index (χ4n) is 2.07. The largest absolute Gasteiger partial charge is 0.345 e. The summed E-state index contributed by atoms with van der Waals surface area (Å²) in [5.74, 6) is -0.242. The molecule has 0 unspecified atom stereocenters. The van der Waals surface area contributed by atoms with E-state index in [1.54, 1.807) is 39.2 Å². The van der Waals surface area contributed by atoms with Gasteiger partial charge < -0.3 is 10.2 Å². The predicted octanol–water partition coefficient (Wildman–Crippen LogP) is 2.81. The molecule has 0 saturated carbocycles. The van der Waals surface area contributed by atoms with Crippen LogP contribution in [0, 0.1) is 5.82 Å². The number of pyridine rings is 1. The van der Waals surface area contributed by atoms with Crippen LogP contribution >= 0.6 is 0 Å². The standard InChI is InChI=1S/C17H19FN4O2/c1-11(12-4-6-14(18)7-5-12)20-17(24)21-15-10-13(8-9-19-15)16(23)22(2)3/h4-11H,1-3H3,(H2,19,20,21,24)/t11-/m1/s1. The fourth-order valence-corrected chi connectivity index (χ4v) is 2.07. The smallest absolute Gasteiger partial charge is 0.320 e. The van der Waals surface area contributed by atoms with Gasteiger partial charge in [-0.05, 0) is 36.8 Å². The first-order valence-corrected chi connectivity index (χ1v) is 7.37. The molecule has 1 heterocycles. The van der Waals surface area contributed by atoms with Crippen molar-refractivity contribution in [3.05, 3.63) is 59.5 Å². The summed E-state index contributed by atoms with van der Waals surface area (Å²) in [4.78, 5) is 29.4. The van der Waals surface area contributed by atoms with Gasteiger partial charge in [0.1, 0.15) is 11.6 Å². The molecule has 1 atom stereocenters. The molecule has 0 spiro atoms. The van der Waals surface area contributed by atoms with Gasteiger partial charge in [-0.25, -0.2) is 14.2 Å². The lowest BCUT2D eigenvalue weighted by atomic mass is 10.1. The Labute approximate surface area is 139 Å². The van der Waals surface area contributed by atoms with E-state index in [0.717, 1.165) is 5.56 Å². The average Bonchev–Trinajstić information content (AvgIpc) is 2.54. The molecule has 3 amide bonds. The maximum absolute atomic E-state index is 12.9. The number of anilines is 1. The number of halogens is 1. The molecule has 0 aliphatic carbocycles. The molecule has 0 saturated heterocycles. The van der Waals surface area contributed by atoms with E-state index in [2.05, 4.69) is 15.6 Å². The number of benzene rings is 1. The second kappa shape index (κ2) is 7.54. The topological polar surface area (TPSA) is 74.3 Å². The van der Waals surface area contributed by atoms with E-state index in [9.17, 15) is 14.0 Å². The van der Waals surface area contributed by atoms with Gasteiger partial charge in [-0.15, -0.1) is 0 Å². The first kappa shape index (κ1) is 17.4. The molecule has 0 fully saturated rings. The van der Waals surface area contributed by atoms with Crippen LogP contribution in [0.4, 0.5) is 15.0 Å². The van der Waals surface area contributed by atoms with Crippen LogP contribution in [-0.2, 0) is 0 Å². The third-order valence-corrected chi connectivity index (χ3v) is 3.37. The van der Waals surface area contributed by atoms with Gasteiger partial charge in [0.15, 0.2) is 0 Å². The lowest BCUT2D eigenvalue weighted by molar-refractivity contribution is 0.0827. The average molecular weight is 330 g/mol.